The molecule has 2 unspecified atom stereocenters. The van der Waals surface area contributed by atoms with Crippen LogP contribution in [0.5, 0.6) is 0 Å². The van der Waals surface area contributed by atoms with Crippen molar-refractivity contribution in [3.8, 4) is 0 Å². The van der Waals surface area contributed by atoms with Crippen LogP contribution >= 0.6 is 0 Å². The monoisotopic (exact) mass is 578 g/mol. The predicted octanol–water partition coefficient (Wildman–Crippen LogP) is 2.41. The minimum absolute atomic E-state index is 0.0306. The number of rotatable bonds is 16. The van der Waals surface area contributed by atoms with Crippen molar-refractivity contribution in [3.05, 3.63) is 24.0 Å². The van der Waals surface area contributed by atoms with Crippen LogP contribution in [0.2, 0.25) is 0 Å². The number of likely N-dealkylation sites (N-methyl/N-ethyl adjacent to an activating group) is 1. The Morgan fingerprint density at radius 2 is 1.61 bits per heavy atom. The van der Waals surface area contributed by atoms with Gasteiger partial charge in [0.1, 0.15) is 17.8 Å². The number of hydrogen-bond acceptors (Lipinski definition) is 8. The number of ether oxygens (including phenoxy) is 2. The van der Waals surface area contributed by atoms with E-state index < -0.39 is 53.8 Å². The number of esters is 1. The summed E-state index contributed by atoms with van der Waals surface area (Å²) in [5.41, 5.74) is 0. The third-order valence-electron chi connectivity index (χ3n) is 6.85. The van der Waals surface area contributed by atoms with Crippen molar-refractivity contribution in [2.75, 3.05) is 27.7 Å². The maximum Gasteiger partial charge on any atom is 0.324 e. The molecule has 0 fully saturated rings. The third kappa shape index (κ3) is 11.7. The van der Waals surface area contributed by atoms with E-state index in [1.807, 2.05) is 41.5 Å². The molecular formula is C30H50N4O7. The molecule has 11 nitrogen and oxygen atoms in total. The summed E-state index contributed by atoms with van der Waals surface area (Å²) >= 11 is 0. The molecule has 0 saturated heterocycles. The van der Waals surface area contributed by atoms with Crippen molar-refractivity contribution >= 4 is 29.6 Å². The first kappa shape index (κ1) is 35.8. The van der Waals surface area contributed by atoms with Crippen molar-refractivity contribution in [2.45, 2.75) is 92.0 Å². The average Bonchev–Trinajstić information content (AvgIpc) is 3.26. The molecule has 11 heteroatoms. The van der Waals surface area contributed by atoms with Crippen molar-refractivity contribution < 1.29 is 33.4 Å². The maximum absolute atomic E-state index is 13.4. The van der Waals surface area contributed by atoms with E-state index in [1.165, 1.54) is 25.3 Å². The molecule has 0 spiro atoms. The molecule has 1 aliphatic heterocycles. The number of carbonyl (C=O) groups excluding carboxylic acids is 5. The number of methoxy groups -OCH3 is 1. The molecule has 0 aromatic carbocycles. The van der Waals surface area contributed by atoms with Gasteiger partial charge in [-0.15, -0.1) is 0 Å². The Hall–Kier alpha value is -3.21. The molecule has 1 rings (SSSR count). The first-order valence-electron chi connectivity index (χ1n) is 14.4. The molecule has 2 N–H and O–H groups in total. The second kappa shape index (κ2) is 16.9. The van der Waals surface area contributed by atoms with Crippen LogP contribution in [-0.4, -0.2) is 91.4 Å². The highest BCUT2D eigenvalue weighted by atomic mass is 16.5. The van der Waals surface area contributed by atoms with Gasteiger partial charge in [-0.3, -0.25) is 33.8 Å². The Morgan fingerprint density at radius 3 is 2.10 bits per heavy atom. The number of imide groups is 1. The zero-order valence-corrected chi connectivity index (χ0v) is 26.4. The van der Waals surface area contributed by atoms with E-state index in [9.17, 15) is 24.0 Å². The zero-order chi connectivity index (χ0) is 31.4. The summed E-state index contributed by atoms with van der Waals surface area (Å²) in [5, 5.41) is 5.59. The minimum atomic E-state index is -1.05. The van der Waals surface area contributed by atoms with Crippen LogP contribution in [-0.2, 0) is 33.4 Å². The molecule has 0 radical (unpaired) electrons. The second-order valence-corrected chi connectivity index (χ2v) is 11.8. The van der Waals surface area contributed by atoms with E-state index in [0.29, 0.717) is 18.6 Å². The van der Waals surface area contributed by atoms with Crippen molar-refractivity contribution in [2.24, 2.45) is 17.8 Å². The highest BCUT2D eigenvalue weighted by molar-refractivity contribution is 6.07. The standard InChI is InChI=1S/C30H50N4O7/c1-11-20(6)27(33(8)9)30(39)41-24(15-19(4)5)29(38)32-23(14-18(2)3)28(37)31-21(7)12-13-25(35)34-17-22(40-10)16-26(34)36/h12-13,16,18-21,23-24,27H,11,14-15,17H2,1-10H3,(H,31,37)(H,32,38)/b13-12+/t20?,21-,23-,24-,27?/m0/s1. The molecule has 0 bridgehead atoms. The van der Waals surface area contributed by atoms with Gasteiger partial charge in [0.25, 0.3) is 17.7 Å². The Kier molecular flexibility index (Phi) is 14.8. The average molecular weight is 579 g/mol. The van der Waals surface area contributed by atoms with Crippen molar-refractivity contribution in [3.63, 3.8) is 0 Å². The molecule has 5 atom stereocenters. The van der Waals surface area contributed by atoms with Crippen LogP contribution in [0, 0.1) is 17.8 Å². The van der Waals surface area contributed by atoms with Gasteiger partial charge in [0, 0.05) is 18.2 Å². The SMILES string of the molecule is CCC(C)C(C(=O)O[C@@H](CC(C)C)C(=O)N[C@@H](CC(C)C)C(=O)N[C@@H](C)/C=C/C(=O)N1CC(OC)=CC1=O)N(C)C. The number of hydrogen-bond donors (Lipinski definition) is 2. The van der Waals surface area contributed by atoms with E-state index in [0.717, 1.165) is 11.3 Å². The summed E-state index contributed by atoms with van der Waals surface area (Å²) in [6.45, 7) is 13.4. The summed E-state index contributed by atoms with van der Waals surface area (Å²) in [5.74, 6) is -1.85. The molecule has 1 aliphatic rings. The highest BCUT2D eigenvalue weighted by Gasteiger charge is 2.34. The van der Waals surface area contributed by atoms with Crippen LogP contribution in [0.4, 0.5) is 0 Å². The van der Waals surface area contributed by atoms with E-state index in [2.05, 4.69) is 10.6 Å². The van der Waals surface area contributed by atoms with Gasteiger partial charge in [-0.05, 0) is 51.6 Å². The summed E-state index contributed by atoms with van der Waals surface area (Å²) in [6, 6.07) is -1.94. The van der Waals surface area contributed by atoms with Gasteiger partial charge in [-0.1, -0.05) is 54.0 Å². The molecule has 0 aromatic heterocycles. The largest absolute Gasteiger partial charge is 0.499 e. The Bertz CT molecular complexity index is 989. The zero-order valence-electron chi connectivity index (χ0n) is 26.4. The molecule has 232 valence electrons. The lowest BCUT2D eigenvalue weighted by molar-refractivity contribution is -0.163. The lowest BCUT2D eigenvalue weighted by Crippen LogP contribution is -2.53. The minimum Gasteiger partial charge on any atom is -0.499 e. The summed E-state index contributed by atoms with van der Waals surface area (Å²) in [7, 11) is 5.03. The Morgan fingerprint density at radius 1 is 1.00 bits per heavy atom. The van der Waals surface area contributed by atoms with Crippen LogP contribution in [0.25, 0.3) is 0 Å². The number of amides is 4. The molecule has 1 heterocycles. The van der Waals surface area contributed by atoms with Gasteiger partial charge in [0.05, 0.1) is 13.7 Å². The van der Waals surface area contributed by atoms with Gasteiger partial charge >= 0.3 is 5.97 Å². The smallest absolute Gasteiger partial charge is 0.324 e. The van der Waals surface area contributed by atoms with Crippen LogP contribution < -0.4 is 10.6 Å². The Balaban J connectivity index is 2.96. The van der Waals surface area contributed by atoms with Crippen molar-refractivity contribution in [1.29, 1.82) is 0 Å². The van der Waals surface area contributed by atoms with Gasteiger partial charge in [-0.2, -0.15) is 0 Å². The first-order valence-corrected chi connectivity index (χ1v) is 14.4. The van der Waals surface area contributed by atoms with Crippen LogP contribution in [0.3, 0.4) is 0 Å². The summed E-state index contributed by atoms with van der Waals surface area (Å²) in [4.78, 5) is 66.9. The van der Waals surface area contributed by atoms with Gasteiger partial charge in [-0.25, -0.2) is 0 Å². The molecule has 0 saturated carbocycles. The van der Waals surface area contributed by atoms with E-state index in [4.69, 9.17) is 9.47 Å². The summed E-state index contributed by atoms with van der Waals surface area (Å²) < 4.78 is 10.8. The molecular weight excluding hydrogens is 528 g/mol. The molecule has 4 amide bonds. The highest BCUT2D eigenvalue weighted by Crippen LogP contribution is 2.18. The van der Waals surface area contributed by atoms with Gasteiger partial charge in [0.2, 0.25) is 5.91 Å². The molecule has 0 aromatic rings. The number of nitrogens with zero attached hydrogens (tertiary/aromatic N) is 2. The number of nitrogens with one attached hydrogen (secondary N) is 2. The van der Waals surface area contributed by atoms with Crippen molar-refractivity contribution in [1.82, 2.24) is 20.4 Å². The fourth-order valence-corrected chi connectivity index (χ4v) is 4.48. The summed E-state index contributed by atoms with van der Waals surface area (Å²) in [6.07, 6.45) is 4.35. The molecule has 41 heavy (non-hydrogen) atoms. The van der Waals surface area contributed by atoms with Gasteiger partial charge < -0.3 is 20.1 Å². The van der Waals surface area contributed by atoms with E-state index >= 15 is 0 Å². The fourth-order valence-electron chi connectivity index (χ4n) is 4.48. The quantitative estimate of drug-likeness (QED) is 0.211. The van der Waals surface area contributed by atoms with Crippen LogP contribution in [0.1, 0.15) is 67.7 Å². The predicted molar refractivity (Wildman–Crippen MR) is 156 cm³/mol. The first-order chi connectivity index (χ1) is 19.1. The second-order valence-electron chi connectivity index (χ2n) is 11.8. The normalized spacial score (nSPS) is 17.3. The number of carbonyl (C=O) groups is 5. The molecule has 0 aliphatic carbocycles. The van der Waals surface area contributed by atoms with E-state index in [-0.39, 0.29) is 24.3 Å². The third-order valence-corrected chi connectivity index (χ3v) is 6.85. The topological polar surface area (TPSA) is 134 Å². The Labute approximate surface area is 245 Å². The fraction of sp³-hybridized carbons (Fsp3) is 0.700. The maximum atomic E-state index is 13.4. The van der Waals surface area contributed by atoms with Gasteiger partial charge in [0.15, 0.2) is 6.10 Å². The van der Waals surface area contributed by atoms with Crippen LogP contribution in [0.15, 0.2) is 24.0 Å². The van der Waals surface area contributed by atoms with E-state index in [1.54, 1.807) is 25.9 Å². The lowest BCUT2D eigenvalue weighted by atomic mass is 9.98. The lowest BCUT2D eigenvalue weighted by Gasteiger charge is -2.30.